The average molecular weight is 339 g/mol. The van der Waals surface area contributed by atoms with Gasteiger partial charge >= 0.3 is 0 Å². The summed E-state index contributed by atoms with van der Waals surface area (Å²) >= 11 is 0. The van der Waals surface area contributed by atoms with Gasteiger partial charge in [-0.2, -0.15) is 0 Å². The Morgan fingerprint density at radius 3 is 2.54 bits per heavy atom. The van der Waals surface area contributed by atoms with Crippen molar-refractivity contribution in [3.8, 4) is 11.3 Å². The third-order valence-corrected chi connectivity index (χ3v) is 5.71. The molecule has 122 valence electrons. The lowest BCUT2D eigenvalue weighted by Crippen LogP contribution is -2.13. The largest absolute Gasteiger partial charge is 0.345 e. The van der Waals surface area contributed by atoms with Gasteiger partial charge in [0.1, 0.15) is 0 Å². The number of hydrogen-bond donors (Lipinski definition) is 2. The van der Waals surface area contributed by atoms with Crippen molar-refractivity contribution < 1.29 is 8.42 Å². The summed E-state index contributed by atoms with van der Waals surface area (Å²) in [5.41, 5.74) is 4.79. The quantitative estimate of drug-likeness (QED) is 0.765. The topological polar surface area (TPSA) is 74.8 Å². The number of aromatic nitrogens is 2. The summed E-state index contributed by atoms with van der Waals surface area (Å²) in [6.07, 6.45) is 6.43. The number of anilines is 1. The molecule has 5 nitrogen and oxygen atoms in total. The fraction of sp³-hybridized carbons (Fsp3) is 0.167. The van der Waals surface area contributed by atoms with Crippen LogP contribution in [0.5, 0.6) is 0 Å². The number of hydrogen-bond acceptors (Lipinski definition) is 3. The lowest BCUT2D eigenvalue weighted by molar-refractivity contribution is 0.601. The number of H-pyrrole nitrogens is 1. The van der Waals surface area contributed by atoms with Gasteiger partial charge in [0.2, 0.25) is 0 Å². The van der Waals surface area contributed by atoms with Crippen LogP contribution in [0.25, 0.3) is 11.3 Å². The minimum atomic E-state index is -3.57. The number of benzene rings is 2. The van der Waals surface area contributed by atoms with E-state index >= 15 is 0 Å². The van der Waals surface area contributed by atoms with Gasteiger partial charge in [-0.1, -0.05) is 18.2 Å². The van der Waals surface area contributed by atoms with E-state index < -0.39 is 10.0 Å². The van der Waals surface area contributed by atoms with Gasteiger partial charge in [0.15, 0.2) is 0 Å². The first-order valence-corrected chi connectivity index (χ1v) is 9.34. The molecule has 4 rings (SSSR count). The molecule has 1 aliphatic carbocycles. The van der Waals surface area contributed by atoms with Crippen LogP contribution in [0.3, 0.4) is 0 Å². The Bertz CT molecular complexity index is 962. The molecule has 2 N–H and O–H groups in total. The molecule has 0 atom stereocenters. The molecule has 0 aliphatic heterocycles. The van der Waals surface area contributed by atoms with E-state index in [0.29, 0.717) is 10.6 Å². The van der Waals surface area contributed by atoms with Crippen LogP contribution in [0, 0.1) is 0 Å². The second-order valence-corrected chi connectivity index (χ2v) is 7.61. The molecule has 1 heterocycles. The van der Waals surface area contributed by atoms with Crippen molar-refractivity contribution in [2.24, 2.45) is 0 Å². The average Bonchev–Trinajstić information content (AvgIpc) is 3.26. The summed E-state index contributed by atoms with van der Waals surface area (Å²) in [5.74, 6) is 0. The van der Waals surface area contributed by atoms with Crippen molar-refractivity contribution in [1.29, 1.82) is 0 Å². The maximum atomic E-state index is 12.6. The van der Waals surface area contributed by atoms with E-state index in [-0.39, 0.29) is 0 Å². The Hall–Kier alpha value is -2.60. The first-order chi connectivity index (χ1) is 11.6. The predicted molar refractivity (Wildman–Crippen MR) is 93.3 cm³/mol. The van der Waals surface area contributed by atoms with E-state index in [4.69, 9.17) is 0 Å². The molecule has 0 saturated carbocycles. The minimum Gasteiger partial charge on any atom is -0.345 e. The number of imidazole rings is 1. The molecule has 2 aromatic carbocycles. The minimum absolute atomic E-state index is 0.320. The van der Waals surface area contributed by atoms with E-state index in [1.807, 2.05) is 18.2 Å². The highest BCUT2D eigenvalue weighted by Gasteiger charge is 2.18. The Labute approximate surface area is 140 Å². The third kappa shape index (κ3) is 2.80. The van der Waals surface area contributed by atoms with Crippen LogP contribution in [0.1, 0.15) is 17.5 Å². The van der Waals surface area contributed by atoms with Crippen LogP contribution in [0.4, 0.5) is 5.69 Å². The zero-order chi connectivity index (χ0) is 16.6. The predicted octanol–water partition coefficient (Wildman–Crippen LogP) is 3.37. The lowest BCUT2D eigenvalue weighted by Gasteiger charge is -2.10. The van der Waals surface area contributed by atoms with Crippen molar-refractivity contribution in [1.82, 2.24) is 9.97 Å². The number of rotatable bonds is 4. The van der Waals surface area contributed by atoms with Crippen LogP contribution in [0.15, 0.2) is 59.9 Å². The highest BCUT2D eigenvalue weighted by atomic mass is 32.2. The standard InChI is InChI=1S/C18H17N3O2S/c22-24(23,17-9-6-13-2-1-3-15(13)10-17)21-16-7-4-14(5-8-16)18-11-19-12-20-18/h4-12,21H,1-3H2,(H,19,20). The van der Waals surface area contributed by atoms with Gasteiger partial charge < -0.3 is 4.98 Å². The second-order valence-electron chi connectivity index (χ2n) is 5.93. The molecule has 0 saturated heterocycles. The fourth-order valence-electron chi connectivity index (χ4n) is 3.06. The molecule has 0 amide bonds. The summed E-state index contributed by atoms with van der Waals surface area (Å²) in [5, 5.41) is 0. The van der Waals surface area contributed by atoms with Crippen molar-refractivity contribution in [3.63, 3.8) is 0 Å². The van der Waals surface area contributed by atoms with Gasteiger partial charge in [-0.05, 0) is 60.2 Å². The Morgan fingerprint density at radius 1 is 1.00 bits per heavy atom. The molecule has 3 aromatic rings. The van der Waals surface area contributed by atoms with Crippen LogP contribution in [-0.2, 0) is 22.9 Å². The maximum Gasteiger partial charge on any atom is 0.261 e. The zero-order valence-corrected chi connectivity index (χ0v) is 13.8. The van der Waals surface area contributed by atoms with Gasteiger partial charge in [-0.3, -0.25) is 4.72 Å². The van der Waals surface area contributed by atoms with Gasteiger partial charge in [0.25, 0.3) is 10.0 Å². The molecule has 6 heteroatoms. The zero-order valence-electron chi connectivity index (χ0n) is 13.0. The van der Waals surface area contributed by atoms with E-state index in [2.05, 4.69) is 14.7 Å². The molecule has 0 unspecified atom stereocenters. The van der Waals surface area contributed by atoms with Crippen LogP contribution >= 0.6 is 0 Å². The molecule has 0 fully saturated rings. The number of nitrogens with zero attached hydrogens (tertiary/aromatic N) is 1. The number of aromatic amines is 1. The number of aryl methyl sites for hydroxylation is 2. The molecule has 24 heavy (non-hydrogen) atoms. The normalized spacial score (nSPS) is 13.7. The second kappa shape index (κ2) is 5.79. The van der Waals surface area contributed by atoms with Crippen molar-refractivity contribution in [3.05, 3.63) is 66.1 Å². The molecular formula is C18H17N3O2S. The monoisotopic (exact) mass is 339 g/mol. The first-order valence-electron chi connectivity index (χ1n) is 7.85. The molecule has 1 aromatic heterocycles. The van der Waals surface area contributed by atoms with Crippen LogP contribution in [0.2, 0.25) is 0 Å². The summed E-state index contributed by atoms with van der Waals surface area (Å²) in [6, 6.07) is 12.6. The summed E-state index contributed by atoms with van der Waals surface area (Å²) < 4.78 is 27.8. The van der Waals surface area contributed by atoms with E-state index in [9.17, 15) is 8.42 Å². The smallest absolute Gasteiger partial charge is 0.261 e. The number of nitrogens with one attached hydrogen (secondary N) is 2. The first kappa shape index (κ1) is 15.0. The SMILES string of the molecule is O=S(=O)(Nc1ccc(-c2cnc[nH]2)cc1)c1ccc2c(c1)CCC2. The maximum absolute atomic E-state index is 12.6. The molecule has 0 radical (unpaired) electrons. The Balaban J connectivity index is 1.57. The summed E-state index contributed by atoms with van der Waals surface area (Å²) in [4.78, 5) is 7.32. The summed E-state index contributed by atoms with van der Waals surface area (Å²) in [6.45, 7) is 0. The molecule has 0 spiro atoms. The highest BCUT2D eigenvalue weighted by Crippen LogP contribution is 2.26. The Morgan fingerprint density at radius 2 is 1.79 bits per heavy atom. The van der Waals surface area contributed by atoms with Gasteiger partial charge in [0.05, 0.1) is 23.1 Å². The molecular weight excluding hydrogens is 322 g/mol. The van der Waals surface area contributed by atoms with E-state index in [0.717, 1.165) is 36.1 Å². The van der Waals surface area contributed by atoms with E-state index in [1.165, 1.54) is 5.56 Å². The van der Waals surface area contributed by atoms with Gasteiger partial charge in [0, 0.05) is 5.69 Å². The summed E-state index contributed by atoms with van der Waals surface area (Å²) in [7, 11) is -3.57. The third-order valence-electron chi connectivity index (χ3n) is 4.33. The van der Waals surface area contributed by atoms with Gasteiger partial charge in [-0.15, -0.1) is 0 Å². The number of sulfonamides is 1. The van der Waals surface area contributed by atoms with Crippen LogP contribution in [-0.4, -0.2) is 18.4 Å². The van der Waals surface area contributed by atoms with E-state index in [1.54, 1.807) is 36.8 Å². The van der Waals surface area contributed by atoms with Crippen molar-refractivity contribution >= 4 is 15.7 Å². The van der Waals surface area contributed by atoms with Gasteiger partial charge in [-0.25, -0.2) is 13.4 Å². The highest BCUT2D eigenvalue weighted by molar-refractivity contribution is 7.92. The van der Waals surface area contributed by atoms with Crippen molar-refractivity contribution in [2.75, 3.05) is 4.72 Å². The fourth-order valence-corrected chi connectivity index (χ4v) is 4.17. The molecule has 0 bridgehead atoms. The van der Waals surface area contributed by atoms with Crippen molar-refractivity contribution in [2.45, 2.75) is 24.2 Å². The lowest BCUT2D eigenvalue weighted by atomic mass is 10.1. The Kier molecular flexibility index (Phi) is 3.61. The molecule has 1 aliphatic rings. The van der Waals surface area contributed by atoms with Crippen LogP contribution < -0.4 is 4.72 Å². The number of fused-ring (bicyclic) bond motifs is 1.